The van der Waals surface area contributed by atoms with Crippen molar-refractivity contribution in [3.63, 3.8) is 0 Å². The molecular formula is C20H16N2O3S. The highest BCUT2D eigenvalue weighted by molar-refractivity contribution is 7.13. The first-order valence-corrected chi connectivity index (χ1v) is 8.87. The minimum Gasteiger partial charge on any atom is -0.479 e. The van der Waals surface area contributed by atoms with Gasteiger partial charge in [0.1, 0.15) is 17.4 Å². The third-order valence-electron chi connectivity index (χ3n) is 3.56. The molecule has 0 radical (unpaired) electrons. The molecule has 26 heavy (non-hydrogen) atoms. The van der Waals surface area contributed by atoms with Crippen LogP contribution >= 0.6 is 11.3 Å². The number of rotatable bonds is 6. The summed E-state index contributed by atoms with van der Waals surface area (Å²) < 4.78 is 10.8. The third-order valence-corrected chi connectivity index (χ3v) is 4.50. The molecule has 0 aliphatic rings. The molecule has 1 atom stereocenters. The van der Waals surface area contributed by atoms with Crippen molar-refractivity contribution in [3.8, 4) is 22.4 Å². The molecule has 6 heteroatoms. The summed E-state index contributed by atoms with van der Waals surface area (Å²) >= 11 is 1.51. The molecule has 0 aliphatic carbocycles. The topological polar surface area (TPSA) is 72.2 Å². The number of carbonyl (C=O) groups excluding carboxylic acids is 1. The van der Waals surface area contributed by atoms with Gasteiger partial charge in [0.2, 0.25) is 0 Å². The first-order valence-electron chi connectivity index (χ1n) is 7.99. The zero-order valence-corrected chi connectivity index (χ0v) is 14.9. The highest BCUT2D eigenvalue weighted by atomic mass is 32.1. The van der Waals surface area contributed by atoms with Crippen LogP contribution in [0.3, 0.4) is 0 Å². The van der Waals surface area contributed by atoms with Crippen molar-refractivity contribution in [1.29, 1.82) is 5.26 Å². The van der Waals surface area contributed by atoms with Crippen LogP contribution in [0.15, 0.2) is 60.0 Å². The number of carbonyl (C=O) groups is 1. The van der Waals surface area contributed by atoms with E-state index >= 15 is 0 Å². The van der Waals surface area contributed by atoms with Crippen molar-refractivity contribution in [2.24, 2.45) is 0 Å². The Morgan fingerprint density at radius 2 is 1.92 bits per heavy atom. The molecule has 1 aromatic heterocycles. The van der Waals surface area contributed by atoms with Crippen LogP contribution in [0.5, 0.6) is 5.75 Å². The summed E-state index contributed by atoms with van der Waals surface area (Å²) in [6.45, 7) is 1.72. The molecule has 0 fully saturated rings. The average molecular weight is 364 g/mol. The lowest BCUT2D eigenvalue weighted by Gasteiger charge is -2.13. The maximum atomic E-state index is 12.1. The number of hydrogen-bond donors (Lipinski definition) is 0. The Morgan fingerprint density at radius 3 is 2.62 bits per heavy atom. The summed E-state index contributed by atoms with van der Waals surface area (Å²) in [5, 5.41) is 11.5. The predicted octanol–water partition coefficient (Wildman–Crippen LogP) is 4.19. The molecule has 0 bridgehead atoms. The Labute approximate surface area is 155 Å². The van der Waals surface area contributed by atoms with Crippen molar-refractivity contribution < 1.29 is 14.3 Å². The molecule has 0 saturated carbocycles. The van der Waals surface area contributed by atoms with Gasteiger partial charge in [-0.3, -0.25) is 0 Å². The van der Waals surface area contributed by atoms with Gasteiger partial charge in [0, 0.05) is 10.9 Å². The fourth-order valence-electron chi connectivity index (χ4n) is 2.21. The molecule has 0 N–H and O–H groups in total. The lowest BCUT2D eigenvalue weighted by molar-refractivity contribution is -0.152. The lowest BCUT2D eigenvalue weighted by atomic mass is 10.2. The van der Waals surface area contributed by atoms with Crippen molar-refractivity contribution in [3.05, 3.63) is 71.2 Å². The van der Waals surface area contributed by atoms with Crippen LogP contribution in [0.1, 0.15) is 18.2 Å². The summed E-state index contributed by atoms with van der Waals surface area (Å²) in [6.07, 6.45) is -0.754. The van der Waals surface area contributed by atoms with Gasteiger partial charge in [0.05, 0.1) is 17.3 Å². The molecular weight excluding hydrogens is 348 g/mol. The largest absolute Gasteiger partial charge is 0.479 e. The van der Waals surface area contributed by atoms with Crippen LogP contribution in [0.25, 0.3) is 10.6 Å². The van der Waals surface area contributed by atoms with Gasteiger partial charge in [-0.05, 0) is 31.2 Å². The second-order valence-corrected chi connectivity index (χ2v) is 6.37. The maximum absolute atomic E-state index is 12.1. The van der Waals surface area contributed by atoms with E-state index in [4.69, 9.17) is 14.7 Å². The Balaban J connectivity index is 1.53. The van der Waals surface area contributed by atoms with Crippen molar-refractivity contribution in [2.45, 2.75) is 19.6 Å². The van der Waals surface area contributed by atoms with Crippen LogP contribution in [-0.4, -0.2) is 17.1 Å². The highest BCUT2D eigenvalue weighted by Crippen LogP contribution is 2.23. The number of esters is 1. The predicted molar refractivity (Wildman–Crippen MR) is 98.6 cm³/mol. The Hall–Kier alpha value is -3.17. The van der Waals surface area contributed by atoms with Crippen molar-refractivity contribution in [2.75, 3.05) is 0 Å². The van der Waals surface area contributed by atoms with E-state index in [1.54, 1.807) is 31.2 Å². The van der Waals surface area contributed by atoms with E-state index in [9.17, 15) is 4.79 Å². The first-order chi connectivity index (χ1) is 12.7. The molecule has 0 amide bonds. The molecule has 0 spiro atoms. The third kappa shape index (κ3) is 4.47. The van der Waals surface area contributed by atoms with Crippen LogP contribution < -0.4 is 4.74 Å². The van der Waals surface area contributed by atoms with E-state index in [0.717, 1.165) is 10.6 Å². The molecule has 0 unspecified atom stereocenters. The monoisotopic (exact) mass is 364 g/mol. The summed E-state index contributed by atoms with van der Waals surface area (Å²) in [6, 6.07) is 18.4. The normalized spacial score (nSPS) is 11.4. The Kier molecular flexibility index (Phi) is 5.62. The van der Waals surface area contributed by atoms with Gasteiger partial charge in [-0.15, -0.1) is 11.3 Å². The minimum absolute atomic E-state index is 0.100. The summed E-state index contributed by atoms with van der Waals surface area (Å²) in [4.78, 5) is 16.6. The Bertz CT molecular complexity index is 914. The molecule has 0 saturated heterocycles. The van der Waals surface area contributed by atoms with E-state index in [1.165, 1.54) is 11.3 Å². The molecule has 1 heterocycles. The van der Waals surface area contributed by atoms with Gasteiger partial charge >= 0.3 is 5.97 Å². The first kappa shape index (κ1) is 17.6. The molecule has 2 aromatic carbocycles. The van der Waals surface area contributed by atoms with Crippen LogP contribution in [0.4, 0.5) is 0 Å². The van der Waals surface area contributed by atoms with E-state index in [1.807, 2.05) is 41.8 Å². The Morgan fingerprint density at radius 1 is 1.19 bits per heavy atom. The quantitative estimate of drug-likeness (QED) is 0.613. The standard InChI is InChI=1S/C20H16N2O3S/c1-14(25-18-9-7-15(11-21)8-10-18)20(23)24-12-17-13-26-19(22-17)16-5-3-2-4-6-16/h2-10,13-14H,12H2,1H3/t14-/m1/s1. The fourth-order valence-corrected chi connectivity index (χ4v) is 3.02. The van der Waals surface area contributed by atoms with Crippen LogP contribution in [-0.2, 0) is 16.1 Å². The second kappa shape index (κ2) is 8.28. The van der Waals surface area contributed by atoms with E-state index in [2.05, 4.69) is 4.98 Å². The molecule has 0 aliphatic heterocycles. The summed E-state index contributed by atoms with van der Waals surface area (Å²) in [7, 11) is 0. The summed E-state index contributed by atoms with van der Waals surface area (Å²) in [5.41, 5.74) is 2.27. The number of benzene rings is 2. The number of nitriles is 1. The van der Waals surface area contributed by atoms with Gasteiger partial charge in [-0.2, -0.15) is 5.26 Å². The number of hydrogen-bond acceptors (Lipinski definition) is 6. The number of thiazole rings is 1. The SMILES string of the molecule is C[C@@H](Oc1ccc(C#N)cc1)C(=O)OCc1csc(-c2ccccc2)n1. The van der Waals surface area contributed by atoms with Gasteiger partial charge in [0.15, 0.2) is 6.10 Å². The van der Waals surface area contributed by atoms with Crippen LogP contribution in [0, 0.1) is 11.3 Å². The van der Waals surface area contributed by atoms with Gasteiger partial charge in [-0.1, -0.05) is 30.3 Å². The smallest absolute Gasteiger partial charge is 0.347 e. The number of nitrogens with zero attached hydrogens (tertiary/aromatic N) is 2. The zero-order chi connectivity index (χ0) is 18.4. The number of aromatic nitrogens is 1. The zero-order valence-electron chi connectivity index (χ0n) is 14.1. The molecule has 130 valence electrons. The van der Waals surface area contributed by atoms with Crippen LogP contribution in [0.2, 0.25) is 0 Å². The number of ether oxygens (including phenoxy) is 2. The molecule has 5 nitrogen and oxygen atoms in total. The average Bonchev–Trinajstić information content (AvgIpc) is 3.16. The van der Waals surface area contributed by atoms with Crippen molar-refractivity contribution in [1.82, 2.24) is 4.98 Å². The van der Waals surface area contributed by atoms with Crippen molar-refractivity contribution >= 4 is 17.3 Å². The van der Waals surface area contributed by atoms with E-state index < -0.39 is 12.1 Å². The fraction of sp³-hybridized carbons (Fsp3) is 0.150. The van der Waals surface area contributed by atoms with E-state index in [-0.39, 0.29) is 6.61 Å². The van der Waals surface area contributed by atoms with Gasteiger partial charge in [-0.25, -0.2) is 9.78 Å². The van der Waals surface area contributed by atoms with Gasteiger partial charge in [0.25, 0.3) is 0 Å². The molecule has 3 aromatic rings. The molecule has 3 rings (SSSR count). The second-order valence-electron chi connectivity index (χ2n) is 5.51. The lowest BCUT2D eigenvalue weighted by Crippen LogP contribution is -2.26. The van der Waals surface area contributed by atoms with E-state index in [0.29, 0.717) is 17.0 Å². The highest BCUT2D eigenvalue weighted by Gasteiger charge is 2.17. The minimum atomic E-state index is -0.754. The summed E-state index contributed by atoms with van der Waals surface area (Å²) in [5.74, 6) is 0.0390. The maximum Gasteiger partial charge on any atom is 0.347 e. The van der Waals surface area contributed by atoms with Gasteiger partial charge < -0.3 is 9.47 Å².